The van der Waals surface area contributed by atoms with Crippen LogP contribution in [0, 0.1) is 0 Å². The highest BCUT2D eigenvalue weighted by atomic mass is 16.7. The molecule has 0 heterocycles. The Bertz CT molecular complexity index is 985. The number of benzene rings is 2. The highest BCUT2D eigenvalue weighted by Crippen LogP contribution is 2.46. The molecule has 0 N–H and O–H groups in total. The van der Waals surface area contributed by atoms with Gasteiger partial charge in [-0.3, -0.25) is 0 Å². The summed E-state index contributed by atoms with van der Waals surface area (Å²) in [6, 6.07) is 5.53. The van der Waals surface area contributed by atoms with Gasteiger partial charge >= 0.3 is 5.97 Å². The zero-order valence-electron chi connectivity index (χ0n) is 22.2. The van der Waals surface area contributed by atoms with Gasteiger partial charge in [0.1, 0.15) is 23.0 Å². The molecule has 0 bridgehead atoms. The summed E-state index contributed by atoms with van der Waals surface area (Å²) in [6.07, 6.45) is 10.4. The van der Waals surface area contributed by atoms with Gasteiger partial charge in [-0.25, -0.2) is 4.79 Å². The molecule has 0 saturated heterocycles. The van der Waals surface area contributed by atoms with Crippen LogP contribution in [0.15, 0.2) is 23.4 Å². The smallest absolute Gasteiger partial charge is 0.334 e. The van der Waals surface area contributed by atoms with E-state index in [1.165, 1.54) is 38.5 Å². The maximum absolute atomic E-state index is 11.9. The minimum Gasteiger partial charge on any atom is -0.496 e. The van der Waals surface area contributed by atoms with Gasteiger partial charge in [0.2, 0.25) is 0 Å². The third-order valence-electron chi connectivity index (χ3n) is 6.11. The fourth-order valence-corrected chi connectivity index (χ4v) is 4.19. The zero-order chi connectivity index (χ0) is 25.6. The molecule has 0 saturated carbocycles. The van der Waals surface area contributed by atoms with Gasteiger partial charge in [-0.15, -0.1) is 0 Å². The topological polar surface area (TPSA) is 75.6 Å². The minimum atomic E-state index is -0.385. The minimum absolute atomic E-state index is 0.248. The van der Waals surface area contributed by atoms with Crippen molar-refractivity contribution in [2.45, 2.75) is 78.1 Å². The van der Waals surface area contributed by atoms with Crippen LogP contribution in [0.4, 0.5) is 0 Å². The number of hydrogen-bond donors (Lipinski definition) is 0. The fourth-order valence-electron chi connectivity index (χ4n) is 4.19. The second kappa shape index (κ2) is 15.1. The van der Waals surface area contributed by atoms with Crippen LogP contribution < -0.4 is 18.9 Å². The molecule has 0 aliphatic heterocycles. The Morgan fingerprint density at radius 2 is 1.31 bits per heavy atom. The van der Waals surface area contributed by atoms with Gasteiger partial charge in [-0.2, -0.15) is 0 Å². The molecule has 0 aliphatic rings. The molecular formula is C28H41NO6. The van der Waals surface area contributed by atoms with Crippen molar-refractivity contribution in [2.24, 2.45) is 5.16 Å². The number of hydrogen-bond acceptors (Lipinski definition) is 7. The van der Waals surface area contributed by atoms with Gasteiger partial charge in [0, 0.05) is 12.0 Å². The molecule has 35 heavy (non-hydrogen) atoms. The summed E-state index contributed by atoms with van der Waals surface area (Å²) in [6.45, 7) is 3.97. The Labute approximate surface area is 209 Å². The summed E-state index contributed by atoms with van der Waals surface area (Å²) < 4.78 is 22.9. The molecule has 0 atom stereocenters. The van der Waals surface area contributed by atoms with E-state index in [0.717, 1.165) is 18.2 Å². The summed E-state index contributed by atoms with van der Waals surface area (Å²) in [7, 11) is 6.44. The van der Waals surface area contributed by atoms with E-state index in [4.69, 9.17) is 23.8 Å². The summed E-state index contributed by atoms with van der Waals surface area (Å²) in [5.41, 5.74) is 1.34. The Kier molecular flexibility index (Phi) is 12.2. The van der Waals surface area contributed by atoms with Crippen LogP contribution in [0.1, 0.15) is 83.6 Å². The van der Waals surface area contributed by atoms with Crippen molar-refractivity contribution >= 4 is 22.5 Å². The molecule has 0 amide bonds. The van der Waals surface area contributed by atoms with E-state index in [-0.39, 0.29) is 12.4 Å². The maximum atomic E-state index is 11.9. The quantitative estimate of drug-likeness (QED) is 0.109. The van der Waals surface area contributed by atoms with E-state index in [1.807, 2.05) is 18.2 Å². The number of rotatable bonds is 16. The molecule has 194 valence electrons. The Morgan fingerprint density at radius 3 is 1.86 bits per heavy atom. The first-order valence-electron chi connectivity index (χ1n) is 12.6. The van der Waals surface area contributed by atoms with E-state index in [2.05, 4.69) is 12.1 Å². The van der Waals surface area contributed by atoms with Crippen LogP contribution >= 0.6 is 0 Å². The van der Waals surface area contributed by atoms with Crippen LogP contribution in [-0.4, -0.2) is 40.1 Å². The van der Waals surface area contributed by atoms with Crippen molar-refractivity contribution < 1.29 is 28.6 Å². The number of nitrogens with zero attached hydrogens (tertiary/aromatic N) is 1. The highest BCUT2D eigenvalue weighted by Gasteiger charge is 2.23. The van der Waals surface area contributed by atoms with E-state index in [0.29, 0.717) is 46.1 Å². The van der Waals surface area contributed by atoms with E-state index < -0.39 is 0 Å². The van der Waals surface area contributed by atoms with Crippen molar-refractivity contribution in [3.8, 4) is 23.0 Å². The number of carbonyl (C=O) groups excluding carboxylic acids is 1. The normalized spacial score (nSPS) is 11.4. The van der Waals surface area contributed by atoms with E-state index in [9.17, 15) is 4.79 Å². The molecule has 7 heteroatoms. The third kappa shape index (κ3) is 7.51. The Morgan fingerprint density at radius 1 is 0.743 bits per heavy atom. The van der Waals surface area contributed by atoms with Crippen LogP contribution in [0.5, 0.6) is 23.0 Å². The molecular weight excluding hydrogens is 446 g/mol. The zero-order valence-corrected chi connectivity index (χ0v) is 22.2. The molecule has 0 spiro atoms. The van der Waals surface area contributed by atoms with Gasteiger partial charge < -0.3 is 23.8 Å². The molecule has 7 nitrogen and oxygen atoms in total. The van der Waals surface area contributed by atoms with Crippen LogP contribution in [-0.2, 0) is 9.63 Å². The Balaban J connectivity index is 2.46. The molecule has 0 aliphatic carbocycles. The summed E-state index contributed by atoms with van der Waals surface area (Å²) in [5, 5.41) is 5.73. The Hall–Kier alpha value is -2.96. The van der Waals surface area contributed by atoms with Crippen molar-refractivity contribution in [3.05, 3.63) is 23.8 Å². The van der Waals surface area contributed by atoms with Gasteiger partial charge in [-0.1, -0.05) is 63.9 Å². The first kappa shape index (κ1) is 28.3. The SMILES string of the molecule is CCCCCCCCCCC(=NOC(=O)CC)c1cc(OC)c2c(OC)ccc(OC)c2c1OC. The molecule has 0 unspecified atom stereocenters. The second-order valence-corrected chi connectivity index (χ2v) is 8.46. The lowest BCUT2D eigenvalue weighted by atomic mass is 9.96. The second-order valence-electron chi connectivity index (χ2n) is 8.46. The monoisotopic (exact) mass is 487 g/mol. The highest BCUT2D eigenvalue weighted by molar-refractivity contribution is 6.12. The molecule has 2 aromatic rings. The summed E-state index contributed by atoms with van der Waals surface area (Å²) in [4.78, 5) is 17.1. The van der Waals surface area contributed by atoms with Crippen molar-refractivity contribution in [2.75, 3.05) is 28.4 Å². The average Bonchev–Trinajstić information content (AvgIpc) is 2.89. The molecule has 0 fully saturated rings. The number of unbranched alkanes of at least 4 members (excludes halogenated alkanes) is 7. The first-order valence-corrected chi connectivity index (χ1v) is 12.6. The largest absolute Gasteiger partial charge is 0.496 e. The molecule has 2 aromatic carbocycles. The maximum Gasteiger partial charge on any atom is 0.334 e. The van der Waals surface area contributed by atoms with Crippen LogP contribution in [0.2, 0.25) is 0 Å². The number of methoxy groups -OCH3 is 4. The lowest BCUT2D eigenvalue weighted by molar-refractivity contribution is -0.143. The van der Waals surface area contributed by atoms with Crippen molar-refractivity contribution in [1.29, 1.82) is 0 Å². The van der Waals surface area contributed by atoms with Gasteiger partial charge in [0.05, 0.1) is 44.9 Å². The predicted octanol–water partition coefficient (Wildman–Crippen LogP) is 7.06. The average molecular weight is 488 g/mol. The van der Waals surface area contributed by atoms with Gasteiger partial charge in [-0.05, 0) is 31.0 Å². The van der Waals surface area contributed by atoms with Crippen molar-refractivity contribution in [1.82, 2.24) is 0 Å². The van der Waals surface area contributed by atoms with Gasteiger partial charge in [0.25, 0.3) is 0 Å². The number of oxime groups is 1. The molecule has 2 rings (SSSR count). The summed E-state index contributed by atoms with van der Waals surface area (Å²) >= 11 is 0. The first-order chi connectivity index (χ1) is 17.1. The predicted molar refractivity (Wildman–Crippen MR) is 140 cm³/mol. The van der Waals surface area contributed by atoms with E-state index >= 15 is 0 Å². The van der Waals surface area contributed by atoms with E-state index in [1.54, 1.807) is 35.4 Å². The standard InChI is InChI=1S/C28H41NO6/c1-7-9-10-11-12-13-14-15-16-21(29-35-25(30)8-2)20-19-24(33-5)26-22(31-3)17-18-23(32-4)27(26)28(20)34-6/h17-19H,7-16H2,1-6H3. The number of ether oxygens (including phenoxy) is 4. The third-order valence-corrected chi connectivity index (χ3v) is 6.11. The molecule has 0 radical (unpaired) electrons. The molecule has 0 aromatic heterocycles. The summed E-state index contributed by atoms with van der Waals surface area (Å²) in [5.74, 6) is 2.04. The lowest BCUT2D eigenvalue weighted by Gasteiger charge is -2.19. The van der Waals surface area contributed by atoms with Crippen LogP contribution in [0.3, 0.4) is 0 Å². The van der Waals surface area contributed by atoms with Crippen molar-refractivity contribution in [3.63, 3.8) is 0 Å². The lowest BCUT2D eigenvalue weighted by Crippen LogP contribution is -2.09. The fraction of sp³-hybridized carbons (Fsp3) is 0.571. The van der Waals surface area contributed by atoms with Crippen LogP contribution in [0.25, 0.3) is 10.8 Å². The van der Waals surface area contributed by atoms with Gasteiger partial charge in [0.15, 0.2) is 0 Å². The number of carbonyl (C=O) groups is 1. The number of fused-ring (bicyclic) bond motifs is 1.